The van der Waals surface area contributed by atoms with Crippen LogP contribution in [0.4, 0.5) is 4.39 Å². The van der Waals surface area contributed by atoms with Crippen LogP contribution in [0.5, 0.6) is 0 Å². The Labute approximate surface area is 201 Å². The van der Waals surface area contributed by atoms with Crippen LogP contribution < -0.4 is 0 Å². The maximum atomic E-state index is 15.3. The lowest BCUT2D eigenvalue weighted by atomic mass is 9.81. The van der Waals surface area contributed by atoms with Crippen molar-refractivity contribution in [3.05, 3.63) is 80.1 Å². The van der Waals surface area contributed by atoms with E-state index < -0.39 is 17.4 Å². The van der Waals surface area contributed by atoms with Crippen LogP contribution >= 0.6 is 35.0 Å². The molecule has 0 aliphatic carbocycles. The lowest BCUT2D eigenvalue weighted by Gasteiger charge is -2.37. The number of carbonyl (C=O) groups is 1. The lowest BCUT2D eigenvalue weighted by Crippen LogP contribution is -2.36. The average Bonchev–Trinajstić information content (AvgIpc) is 3.22. The molecule has 4 nitrogen and oxygen atoms in total. The van der Waals surface area contributed by atoms with E-state index in [2.05, 4.69) is 0 Å². The van der Waals surface area contributed by atoms with Gasteiger partial charge in [0.1, 0.15) is 16.3 Å². The highest BCUT2D eigenvalue weighted by atomic mass is 35.5. The van der Waals surface area contributed by atoms with Crippen molar-refractivity contribution in [3.8, 4) is 0 Å². The number of fused-ring (bicyclic) bond motifs is 1. The van der Waals surface area contributed by atoms with E-state index in [-0.39, 0.29) is 18.5 Å². The summed E-state index contributed by atoms with van der Waals surface area (Å²) in [4.78, 5) is 20.3. The van der Waals surface area contributed by atoms with Crippen molar-refractivity contribution in [3.63, 3.8) is 0 Å². The van der Waals surface area contributed by atoms with Gasteiger partial charge < -0.3 is 9.64 Å². The molecule has 2 atom stereocenters. The van der Waals surface area contributed by atoms with Gasteiger partial charge in [-0.15, -0.1) is 0 Å². The zero-order valence-corrected chi connectivity index (χ0v) is 20.5. The molecule has 0 bridgehead atoms. The predicted molar refractivity (Wildman–Crippen MR) is 128 cm³/mol. The van der Waals surface area contributed by atoms with Gasteiger partial charge in [0.05, 0.1) is 12.6 Å². The van der Waals surface area contributed by atoms with Crippen molar-refractivity contribution < 1.29 is 13.9 Å². The number of halogens is 3. The van der Waals surface area contributed by atoms with Gasteiger partial charge in [0.15, 0.2) is 5.17 Å². The molecule has 0 radical (unpaired) electrons. The fourth-order valence-electron chi connectivity index (χ4n) is 4.30. The van der Waals surface area contributed by atoms with E-state index in [1.165, 1.54) is 17.8 Å². The van der Waals surface area contributed by atoms with E-state index in [1.54, 1.807) is 31.2 Å². The Hall–Kier alpha value is -2.02. The molecule has 2 aliphatic heterocycles. The number of aliphatic imine (C=N–C) groups is 1. The van der Waals surface area contributed by atoms with Crippen molar-refractivity contribution in [2.45, 2.75) is 39.3 Å². The fourth-order valence-corrected chi connectivity index (χ4v) is 5.89. The second-order valence-electron chi connectivity index (χ2n) is 8.18. The molecule has 0 aromatic heterocycles. The predicted octanol–water partition coefficient (Wildman–Crippen LogP) is 6.94. The molecule has 0 saturated heterocycles. The van der Waals surface area contributed by atoms with E-state index >= 15 is 4.39 Å². The summed E-state index contributed by atoms with van der Waals surface area (Å²) in [6, 6.07) is 11.6. The van der Waals surface area contributed by atoms with Gasteiger partial charge in [0.25, 0.3) is 0 Å². The summed E-state index contributed by atoms with van der Waals surface area (Å²) in [6.45, 7) is 8.03. The normalized spacial score (nSPS) is 22.4. The molecular formula is C24H23Cl2FN2O2S. The van der Waals surface area contributed by atoms with Gasteiger partial charge in [-0.05, 0) is 61.4 Å². The van der Waals surface area contributed by atoms with E-state index in [1.807, 2.05) is 37.8 Å². The first-order valence-electron chi connectivity index (χ1n) is 10.4. The Morgan fingerprint density at radius 3 is 2.47 bits per heavy atom. The number of nitrogens with zero attached hydrogens (tertiary/aromatic N) is 2. The maximum Gasteiger partial charge on any atom is 0.346 e. The molecule has 168 valence electrons. The van der Waals surface area contributed by atoms with E-state index in [0.717, 1.165) is 11.3 Å². The van der Waals surface area contributed by atoms with Crippen LogP contribution in [0.15, 0.2) is 58.1 Å². The molecule has 2 aromatic carbocycles. The Bertz CT molecular complexity index is 1130. The molecule has 0 saturated carbocycles. The van der Waals surface area contributed by atoms with E-state index in [4.69, 9.17) is 32.9 Å². The minimum Gasteiger partial charge on any atom is -0.462 e. The van der Waals surface area contributed by atoms with Gasteiger partial charge >= 0.3 is 5.97 Å². The molecule has 4 rings (SSSR count). The van der Waals surface area contributed by atoms with E-state index in [9.17, 15) is 4.79 Å². The summed E-state index contributed by atoms with van der Waals surface area (Å²) in [5, 5.41) is 1.58. The molecule has 2 unspecified atom stereocenters. The van der Waals surface area contributed by atoms with Crippen LogP contribution in [0.25, 0.3) is 0 Å². The number of rotatable bonds is 5. The highest BCUT2D eigenvalue weighted by Gasteiger charge is 2.54. The SMILES string of the molecule is CCOC(=O)C1=C(C(C)C)N2C(=NC(C)(c3ccc(Cl)cc3)C2c2ccc(Cl)cc2F)S1. The summed E-state index contributed by atoms with van der Waals surface area (Å²) in [5.41, 5.74) is 1.31. The molecule has 0 spiro atoms. The van der Waals surface area contributed by atoms with Crippen LogP contribution in [0.3, 0.4) is 0 Å². The summed E-state index contributed by atoms with van der Waals surface area (Å²) in [6.07, 6.45) is 0. The van der Waals surface area contributed by atoms with Gasteiger partial charge in [0.2, 0.25) is 0 Å². The highest BCUT2D eigenvalue weighted by Crippen LogP contribution is 2.56. The van der Waals surface area contributed by atoms with Gasteiger partial charge in [-0.3, -0.25) is 0 Å². The van der Waals surface area contributed by atoms with Crippen molar-refractivity contribution in [2.24, 2.45) is 10.9 Å². The van der Waals surface area contributed by atoms with Crippen LogP contribution in [0, 0.1) is 11.7 Å². The Kier molecular flexibility index (Phi) is 6.31. The number of allylic oxidation sites excluding steroid dienone is 1. The van der Waals surface area contributed by atoms with Crippen LogP contribution in [-0.4, -0.2) is 22.6 Å². The van der Waals surface area contributed by atoms with Crippen molar-refractivity contribution in [1.29, 1.82) is 0 Å². The number of thioether (sulfide) groups is 1. The standard InChI is InChI=1S/C24H23Cl2FN2O2S/c1-5-31-22(30)20-19(13(2)3)29-21(17-11-10-16(26)12-18(17)27)24(4,28-23(29)32-20)14-6-8-15(25)9-7-14/h6-13,21H,5H2,1-4H3. The molecule has 2 heterocycles. The number of esters is 1. The Balaban J connectivity index is 1.93. The molecule has 2 aromatic rings. The number of hydrogen-bond acceptors (Lipinski definition) is 5. The van der Waals surface area contributed by atoms with Gasteiger partial charge in [0, 0.05) is 21.3 Å². The summed E-state index contributed by atoms with van der Waals surface area (Å²) < 4.78 is 20.6. The molecule has 0 amide bonds. The highest BCUT2D eigenvalue weighted by molar-refractivity contribution is 8.18. The van der Waals surface area contributed by atoms with E-state index in [0.29, 0.717) is 25.7 Å². The van der Waals surface area contributed by atoms with Crippen LogP contribution in [-0.2, 0) is 15.1 Å². The zero-order chi connectivity index (χ0) is 23.2. The number of hydrogen-bond donors (Lipinski definition) is 0. The third kappa shape index (κ3) is 3.82. The number of carbonyl (C=O) groups excluding carboxylic acids is 1. The van der Waals surface area contributed by atoms with Gasteiger partial charge in [-0.2, -0.15) is 0 Å². The quantitative estimate of drug-likeness (QED) is 0.424. The molecule has 0 fully saturated rings. The van der Waals surface area contributed by atoms with Crippen LogP contribution in [0.2, 0.25) is 10.0 Å². The zero-order valence-electron chi connectivity index (χ0n) is 18.2. The largest absolute Gasteiger partial charge is 0.462 e. The second kappa shape index (κ2) is 8.73. The number of ether oxygens (including phenoxy) is 1. The first-order chi connectivity index (χ1) is 15.2. The molecule has 2 aliphatic rings. The smallest absolute Gasteiger partial charge is 0.346 e. The first kappa shape index (κ1) is 23.1. The molecule has 32 heavy (non-hydrogen) atoms. The van der Waals surface area contributed by atoms with Crippen molar-refractivity contribution >= 4 is 46.1 Å². The Morgan fingerprint density at radius 2 is 1.88 bits per heavy atom. The van der Waals surface area contributed by atoms with Gasteiger partial charge in [-0.1, -0.05) is 55.2 Å². The molecule has 8 heteroatoms. The maximum absolute atomic E-state index is 15.3. The molecular weight excluding hydrogens is 470 g/mol. The summed E-state index contributed by atoms with van der Waals surface area (Å²) >= 11 is 13.4. The summed E-state index contributed by atoms with van der Waals surface area (Å²) in [7, 11) is 0. The minimum absolute atomic E-state index is 0.0139. The Morgan fingerprint density at radius 1 is 1.22 bits per heavy atom. The second-order valence-corrected chi connectivity index (χ2v) is 10.0. The van der Waals surface area contributed by atoms with Gasteiger partial charge in [-0.25, -0.2) is 14.2 Å². The van der Waals surface area contributed by atoms with Crippen molar-refractivity contribution in [2.75, 3.05) is 6.61 Å². The molecule has 0 N–H and O–H groups in total. The monoisotopic (exact) mass is 492 g/mol. The van der Waals surface area contributed by atoms with Crippen molar-refractivity contribution in [1.82, 2.24) is 4.90 Å². The lowest BCUT2D eigenvalue weighted by molar-refractivity contribution is -0.137. The topological polar surface area (TPSA) is 41.9 Å². The fraction of sp³-hybridized carbons (Fsp3) is 0.333. The number of benzene rings is 2. The number of amidine groups is 1. The van der Waals surface area contributed by atoms with Crippen LogP contribution in [0.1, 0.15) is 44.9 Å². The first-order valence-corrected chi connectivity index (χ1v) is 11.9. The minimum atomic E-state index is -0.818. The third-order valence-corrected chi connectivity index (χ3v) is 7.24. The third-order valence-electron chi connectivity index (χ3n) is 5.70. The summed E-state index contributed by atoms with van der Waals surface area (Å²) in [5.74, 6) is -0.821. The average molecular weight is 493 g/mol.